The van der Waals surface area contributed by atoms with Crippen LogP contribution in [0.2, 0.25) is 0 Å². The lowest BCUT2D eigenvalue weighted by Gasteiger charge is -2.29. The molecule has 0 atom stereocenters. The number of methoxy groups -OCH3 is 1. The Bertz CT molecular complexity index is 681. The van der Waals surface area contributed by atoms with E-state index < -0.39 is 0 Å². The summed E-state index contributed by atoms with van der Waals surface area (Å²) in [5, 5.41) is 10.0. The molecule has 0 radical (unpaired) electrons. The first-order valence-corrected chi connectivity index (χ1v) is 6.97. The summed E-state index contributed by atoms with van der Waals surface area (Å²) >= 11 is 0. The van der Waals surface area contributed by atoms with Gasteiger partial charge in [-0.1, -0.05) is 18.2 Å². The number of para-hydroxylation sites is 1. The zero-order chi connectivity index (χ0) is 14.8. The standard InChI is InChI=1S/C17H17NO3/c1-21-13-8-9-14(16(19)11-13)17(20)18-10-4-6-12-5-2-3-7-15(12)18/h2-3,5,7-9,11,19H,4,6,10H2,1H3. The molecule has 0 bridgehead atoms. The Morgan fingerprint density at radius 3 is 2.81 bits per heavy atom. The Balaban J connectivity index is 1.97. The lowest BCUT2D eigenvalue weighted by Crippen LogP contribution is -2.35. The summed E-state index contributed by atoms with van der Waals surface area (Å²) in [6.45, 7) is 0.668. The van der Waals surface area contributed by atoms with E-state index in [-0.39, 0.29) is 11.7 Å². The number of aryl methyl sites for hydroxylation is 1. The van der Waals surface area contributed by atoms with Crippen LogP contribution in [-0.4, -0.2) is 24.7 Å². The minimum Gasteiger partial charge on any atom is -0.507 e. The Morgan fingerprint density at radius 2 is 2.05 bits per heavy atom. The highest BCUT2D eigenvalue weighted by Gasteiger charge is 2.25. The summed E-state index contributed by atoms with van der Waals surface area (Å²) in [5.74, 6) is 0.299. The largest absolute Gasteiger partial charge is 0.507 e. The molecule has 0 saturated carbocycles. The van der Waals surface area contributed by atoms with Crippen LogP contribution >= 0.6 is 0 Å². The van der Waals surface area contributed by atoms with Crippen molar-refractivity contribution in [3.05, 3.63) is 53.6 Å². The molecule has 4 heteroatoms. The van der Waals surface area contributed by atoms with Gasteiger partial charge in [-0.15, -0.1) is 0 Å². The molecular formula is C17H17NO3. The molecule has 3 rings (SSSR count). The molecule has 1 amide bonds. The number of phenolic OH excluding ortho intramolecular Hbond substituents is 1. The van der Waals surface area contributed by atoms with Crippen molar-refractivity contribution in [2.45, 2.75) is 12.8 Å². The first-order chi connectivity index (χ1) is 10.2. The van der Waals surface area contributed by atoms with Crippen LogP contribution in [-0.2, 0) is 6.42 Å². The Morgan fingerprint density at radius 1 is 1.24 bits per heavy atom. The number of benzene rings is 2. The number of rotatable bonds is 2. The Kier molecular flexibility index (Phi) is 3.52. The van der Waals surface area contributed by atoms with Gasteiger partial charge in [0.2, 0.25) is 0 Å². The van der Waals surface area contributed by atoms with E-state index in [0.717, 1.165) is 18.5 Å². The van der Waals surface area contributed by atoms with Gasteiger partial charge in [0, 0.05) is 18.3 Å². The summed E-state index contributed by atoms with van der Waals surface area (Å²) in [5.41, 5.74) is 2.40. The van der Waals surface area contributed by atoms with Crippen molar-refractivity contribution in [2.24, 2.45) is 0 Å². The van der Waals surface area contributed by atoms with Gasteiger partial charge in [0.25, 0.3) is 5.91 Å². The van der Waals surface area contributed by atoms with Gasteiger partial charge in [-0.2, -0.15) is 0 Å². The van der Waals surface area contributed by atoms with Crippen molar-refractivity contribution in [3.63, 3.8) is 0 Å². The van der Waals surface area contributed by atoms with Crippen LogP contribution in [0.15, 0.2) is 42.5 Å². The van der Waals surface area contributed by atoms with Crippen molar-refractivity contribution in [1.29, 1.82) is 0 Å². The smallest absolute Gasteiger partial charge is 0.262 e. The molecular weight excluding hydrogens is 266 g/mol. The minimum atomic E-state index is -0.178. The third kappa shape index (κ3) is 2.44. The third-order valence-corrected chi connectivity index (χ3v) is 3.79. The van der Waals surface area contributed by atoms with Gasteiger partial charge in [0.1, 0.15) is 11.5 Å². The van der Waals surface area contributed by atoms with Gasteiger partial charge in [0.05, 0.1) is 12.7 Å². The number of hydrogen-bond donors (Lipinski definition) is 1. The zero-order valence-corrected chi connectivity index (χ0v) is 11.9. The van der Waals surface area contributed by atoms with Crippen LogP contribution < -0.4 is 9.64 Å². The molecule has 0 spiro atoms. The second-order valence-corrected chi connectivity index (χ2v) is 5.07. The molecule has 0 aliphatic carbocycles. The lowest BCUT2D eigenvalue weighted by molar-refractivity contribution is 0.0982. The summed E-state index contributed by atoms with van der Waals surface area (Å²) < 4.78 is 5.05. The number of carbonyl (C=O) groups excluding carboxylic acids is 1. The number of amides is 1. The second-order valence-electron chi connectivity index (χ2n) is 5.07. The summed E-state index contributed by atoms with van der Waals surface area (Å²) in [6.07, 6.45) is 1.91. The number of phenols is 1. The maximum atomic E-state index is 12.7. The third-order valence-electron chi connectivity index (χ3n) is 3.79. The van der Waals surface area contributed by atoms with Crippen molar-refractivity contribution in [2.75, 3.05) is 18.6 Å². The van der Waals surface area contributed by atoms with Crippen LogP contribution in [0, 0.1) is 0 Å². The van der Waals surface area contributed by atoms with E-state index in [4.69, 9.17) is 4.74 Å². The van der Waals surface area contributed by atoms with E-state index in [1.54, 1.807) is 17.0 Å². The highest BCUT2D eigenvalue weighted by Crippen LogP contribution is 2.31. The van der Waals surface area contributed by atoms with E-state index in [2.05, 4.69) is 0 Å². The molecule has 2 aromatic carbocycles. The quantitative estimate of drug-likeness (QED) is 0.921. The molecule has 108 valence electrons. The van der Waals surface area contributed by atoms with Gasteiger partial charge in [-0.3, -0.25) is 4.79 Å². The normalized spacial score (nSPS) is 13.7. The van der Waals surface area contributed by atoms with Crippen molar-refractivity contribution >= 4 is 11.6 Å². The number of anilines is 1. The first kappa shape index (κ1) is 13.5. The fourth-order valence-electron chi connectivity index (χ4n) is 2.71. The molecule has 1 aliphatic rings. The van der Waals surface area contributed by atoms with Gasteiger partial charge >= 0.3 is 0 Å². The highest BCUT2D eigenvalue weighted by atomic mass is 16.5. The molecule has 0 aromatic heterocycles. The molecule has 1 N–H and O–H groups in total. The fraction of sp³-hybridized carbons (Fsp3) is 0.235. The summed E-state index contributed by atoms with van der Waals surface area (Å²) in [6, 6.07) is 12.7. The Labute approximate surface area is 123 Å². The molecule has 2 aromatic rings. The van der Waals surface area contributed by atoms with Crippen LogP contribution in [0.1, 0.15) is 22.3 Å². The van der Waals surface area contributed by atoms with E-state index in [9.17, 15) is 9.90 Å². The summed E-state index contributed by atoms with van der Waals surface area (Å²) in [7, 11) is 1.52. The summed E-state index contributed by atoms with van der Waals surface area (Å²) in [4.78, 5) is 14.4. The van der Waals surface area contributed by atoms with Gasteiger partial charge in [-0.25, -0.2) is 0 Å². The molecule has 0 fully saturated rings. The highest BCUT2D eigenvalue weighted by molar-refractivity contribution is 6.08. The molecule has 21 heavy (non-hydrogen) atoms. The lowest BCUT2D eigenvalue weighted by atomic mass is 10.0. The molecule has 0 saturated heterocycles. The van der Waals surface area contributed by atoms with Gasteiger partial charge in [0.15, 0.2) is 0 Å². The number of hydrogen-bond acceptors (Lipinski definition) is 3. The maximum absolute atomic E-state index is 12.7. The van der Waals surface area contributed by atoms with Crippen LogP contribution in [0.5, 0.6) is 11.5 Å². The predicted molar refractivity (Wildman–Crippen MR) is 81.1 cm³/mol. The first-order valence-electron chi connectivity index (χ1n) is 6.97. The molecule has 4 nitrogen and oxygen atoms in total. The van der Waals surface area contributed by atoms with Gasteiger partial charge in [-0.05, 0) is 36.6 Å². The number of nitrogens with zero attached hydrogens (tertiary/aromatic N) is 1. The number of aromatic hydroxyl groups is 1. The number of ether oxygens (including phenoxy) is 1. The Hall–Kier alpha value is -2.49. The predicted octanol–water partition coefficient (Wildman–Crippen LogP) is 2.99. The van der Waals surface area contributed by atoms with Gasteiger partial charge < -0.3 is 14.7 Å². The minimum absolute atomic E-state index is 0.0533. The number of carbonyl (C=O) groups is 1. The van der Waals surface area contributed by atoms with E-state index in [1.807, 2.05) is 24.3 Å². The molecule has 1 aliphatic heterocycles. The van der Waals surface area contributed by atoms with Crippen LogP contribution in [0.4, 0.5) is 5.69 Å². The van der Waals surface area contributed by atoms with Crippen molar-refractivity contribution in [1.82, 2.24) is 0 Å². The molecule has 0 unspecified atom stereocenters. The van der Waals surface area contributed by atoms with Crippen molar-refractivity contribution in [3.8, 4) is 11.5 Å². The average molecular weight is 283 g/mol. The second kappa shape index (κ2) is 5.48. The zero-order valence-electron chi connectivity index (χ0n) is 11.9. The molecule has 1 heterocycles. The van der Waals surface area contributed by atoms with Crippen molar-refractivity contribution < 1.29 is 14.6 Å². The van der Waals surface area contributed by atoms with E-state index in [1.165, 1.54) is 18.7 Å². The number of fused-ring (bicyclic) bond motifs is 1. The van der Waals surface area contributed by atoms with E-state index in [0.29, 0.717) is 17.9 Å². The van der Waals surface area contributed by atoms with E-state index >= 15 is 0 Å². The fourth-order valence-corrected chi connectivity index (χ4v) is 2.71. The monoisotopic (exact) mass is 283 g/mol. The van der Waals surface area contributed by atoms with Crippen LogP contribution in [0.25, 0.3) is 0 Å². The maximum Gasteiger partial charge on any atom is 0.262 e. The van der Waals surface area contributed by atoms with Crippen LogP contribution in [0.3, 0.4) is 0 Å². The average Bonchev–Trinajstić information content (AvgIpc) is 2.53. The SMILES string of the molecule is COc1ccc(C(=O)N2CCCc3ccccc32)c(O)c1. The topological polar surface area (TPSA) is 49.8 Å².